The number of ether oxygens (including phenoxy) is 1. The van der Waals surface area contributed by atoms with Gasteiger partial charge in [0.15, 0.2) is 0 Å². The van der Waals surface area contributed by atoms with Crippen molar-refractivity contribution in [2.45, 2.75) is 12.5 Å². The van der Waals surface area contributed by atoms with Gasteiger partial charge in [-0.2, -0.15) is 5.10 Å². The number of fused-ring (bicyclic) bond motifs is 1. The predicted octanol–water partition coefficient (Wildman–Crippen LogP) is 2.33. The summed E-state index contributed by atoms with van der Waals surface area (Å²) < 4.78 is 5.83. The summed E-state index contributed by atoms with van der Waals surface area (Å²) in [6.07, 6.45) is 4.94. The molecular weight excluding hydrogens is 262 g/mol. The summed E-state index contributed by atoms with van der Waals surface area (Å²) in [4.78, 5) is 0. The summed E-state index contributed by atoms with van der Waals surface area (Å²) in [7, 11) is 1.96. The van der Waals surface area contributed by atoms with E-state index < -0.39 is 0 Å². The van der Waals surface area contributed by atoms with Crippen molar-refractivity contribution < 1.29 is 4.74 Å². The first-order valence-electron chi connectivity index (χ1n) is 6.27. The van der Waals surface area contributed by atoms with Gasteiger partial charge < -0.3 is 10.1 Å². The highest BCUT2D eigenvalue weighted by molar-refractivity contribution is 5.85. The number of aromatic nitrogens is 2. The molecule has 0 radical (unpaired) electrons. The zero-order valence-electron chi connectivity index (χ0n) is 10.8. The van der Waals surface area contributed by atoms with Crippen LogP contribution >= 0.6 is 12.4 Å². The number of aromatic amines is 1. The van der Waals surface area contributed by atoms with Gasteiger partial charge in [0.1, 0.15) is 0 Å². The molecular formula is C14H18ClN3O. The molecule has 1 aliphatic heterocycles. The lowest BCUT2D eigenvalue weighted by atomic mass is 9.90. The Bertz CT molecular complexity index is 527. The van der Waals surface area contributed by atoms with Crippen LogP contribution in [0.15, 0.2) is 30.6 Å². The van der Waals surface area contributed by atoms with Crippen molar-refractivity contribution in [2.24, 2.45) is 0 Å². The van der Waals surface area contributed by atoms with E-state index in [0.29, 0.717) is 0 Å². The Hall–Kier alpha value is -1.36. The Morgan fingerprint density at radius 2 is 2.37 bits per heavy atom. The highest BCUT2D eigenvalue weighted by Gasteiger charge is 2.22. The van der Waals surface area contributed by atoms with Crippen LogP contribution < -0.4 is 5.32 Å². The molecule has 0 unspecified atom stereocenters. The lowest BCUT2D eigenvalue weighted by Crippen LogP contribution is -2.25. The third kappa shape index (κ3) is 2.66. The van der Waals surface area contributed by atoms with Crippen molar-refractivity contribution in [3.05, 3.63) is 41.7 Å². The number of hydrogen-bond acceptors (Lipinski definition) is 3. The van der Waals surface area contributed by atoms with Gasteiger partial charge in [0.05, 0.1) is 18.9 Å². The monoisotopic (exact) mass is 279 g/mol. The van der Waals surface area contributed by atoms with E-state index in [1.807, 2.05) is 19.4 Å². The molecule has 19 heavy (non-hydrogen) atoms. The van der Waals surface area contributed by atoms with E-state index in [-0.39, 0.29) is 18.5 Å². The lowest BCUT2D eigenvalue weighted by molar-refractivity contribution is 0.0440. The Balaban J connectivity index is 0.00000133. The van der Waals surface area contributed by atoms with Crippen molar-refractivity contribution in [1.29, 1.82) is 0 Å². The standard InChI is InChI=1S/C14H17N3O.ClH/c1-15-9-14-13-4-2-3-11(10-7-16-17-8-10)12(13)5-6-18-14;/h2-4,7-8,14-15H,5-6,9H2,1H3,(H,16,17);1H/t14-;/m0./s1. The second-order valence-electron chi connectivity index (χ2n) is 4.53. The lowest BCUT2D eigenvalue weighted by Gasteiger charge is -2.27. The number of benzene rings is 1. The molecule has 1 aliphatic rings. The van der Waals surface area contributed by atoms with Gasteiger partial charge >= 0.3 is 0 Å². The number of rotatable bonds is 3. The number of halogens is 1. The van der Waals surface area contributed by atoms with Crippen LogP contribution in [0.5, 0.6) is 0 Å². The molecule has 0 fully saturated rings. The quantitative estimate of drug-likeness (QED) is 0.907. The molecule has 1 aromatic carbocycles. The highest BCUT2D eigenvalue weighted by Crippen LogP contribution is 2.33. The Kier molecular flexibility index (Phi) is 4.58. The van der Waals surface area contributed by atoms with Gasteiger partial charge in [0.2, 0.25) is 0 Å². The van der Waals surface area contributed by atoms with Crippen LogP contribution in [0.1, 0.15) is 17.2 Å². The largest absolute Gasteiger partial charge is 0.372 e. The Labute approximate surface area is 119 Å². The molecule has 2 N–H and O–H groups in total. The summed E-state index contributed by atoms with van der Waals surface area (Å²) in [6, 6.07) is 6.42. The van der Waals surface area contributed by atoms with Crippen LogP contribution in [-0.2, 0) is 11.2 Å². The van der Waals surface area contributed by atoms with E-state index in [9.17, 15) is 0 Å². The van der Waals surface area contributed by atoms with Crippen LogP contribution in [0.2, 0.25) is 0 Å². The van der Waals surface area contributed by atoms with Gasteiger partial charge in [-0.3, -0.25) is 5.10 Å². The predicted molar refractivity (Wildman–Crippen MR) is 77.6 cm³/mol. The SMILES string of the molecule is CNC[C@@H]1OCCc2c(-c3cn[nH]c3)cccc21.Cl. The average molecular weight is 280 g/mol. The number of H-pyrrole nitrogens is 1. The molecule has 0 saturated carbocycles. The van der Waals surface area contributed by atoms with Gasteiger partial charge in [-0.05, 0) is 30.2 Å². The normalized spacial score (nSPS) is 17.6. The fourth-order valence-electron chi connectivity index (χ4n) is 2.60. The topological polar surface area (TPSA) is 49.9 Å². The molecule has 0 saturated heterocycles. The minimum Gasteiger partial charge on any atom is -0.372 e. The molecule has 2 aromatic rings. The molecule has 1 aromatic heterocycles. The first-order valence-corrected chi connectivity index (χ1v) is 6.27. The third-order valence-electron chi connectivity index (χ3n) is 3.43. The maximum atomic E-state index is 5.83. The van der Waals surface area contributed by atoms with E-state index in [4.69, 9.17) is 4.74 Å². The molecule has 5 heteroatoms. The fourth-order valence-corrected chi connectivity index (χ4v) is 2.60. The molecule has 0 aliphatic carbocycles. The number of nitrogens with one attached hydrogen (secondary N) is 2. The highest BCUT2D eigenvalue weighted by atomic mass is 35.5. The molecule has 3 rings (SSSR count). The van der Waals surface area contributed by atoms with Crippen molar-refractivity contribution in [3.63, 3.8) is 0 Å². The molecule has 0 spiro atoms. The number of hydrogen-bond donors (Lipinski definition) is 2. The van der Waals surface area contributed by atoms with E-state index in [1.54, 1.807) is 0 Å². The van der Waals surface area contributed by atoms with Crippen molar-refractivity contribution in [3.8, 4) is 11.1 Å². The smallest absolute Gasteiger partial charge is 0.0952 e. The minimum absolute atomic E-state index is 0. The third-order valence-corrected chi connectivity index (χ3v) is 3.43. The van der Waals surface area contributed by atoms with Crippen LogP contribution in [0.3, 0.4) is 0 Å². The first kappa shape index (κ1) is 14.1. The van der Waals surface area contributed by atoms with E-state index >= 15 is 0 Å². The van der Waals surface area contributed by atoms with E-state index in [0.717, 1.165) is 25.1 Å². The zero-order chi connectivity index (χ0) is 12.4. The molecule has 0 bridgehead atoms. The summed E-state index contributed by atoms with van der Waals surface area (Å²) in [5, 5.41) is 10.1. The van der Waals surface area contributed by atoms with Crippen LogP contribution in [0, 0.1) is 0 Å². The molecule has 2 heterocycles. The minimum atomic E-state index is 0. The summed E-state index contributed by atoms with van der Waals surface area (Å²) in [6.45, 7) is 1.63. The van der Waals surface area contributed by atoms with E-state index in [1.165, 1.54) is 16.7 Å². The summed E-state index contributed by atoms with van der Waals surface area (Å²) in [5.74, 6) is 0. The first-order chi connectivity index (χ1) is 8.90. The van der Waals surface area contributed by atoms with Crippen LogP contribution in [0.4, 0.5) is 0 Å². The molecule has 1 atom stereocenters. The molecule has 0 amide bonds. The van der Waals surface area contributed by atoms with Gasteiger partial charge in [0.25, 0.3) is 0 Å². The van der Waals surface area contributed by atoms with Crippen molar-refractivity contribution >= 4 is 12.4 Å². The Morgan fingerprint density at radius 3 is 3.11 bits per heavy atom. The summed E-state index contributed by atoms with van der Waals surface area (Å²) in [5.41, 5.74) is 5.11. The van der Waals surface area contributed by atoms with Gasteiger partial charge in [-0.15, -0.1) is 12.4 Å². The second-order valence-corrected chi connectivity index (χ2v) is 4.53. The zero-order valence-corrected chi connectivity index (χ0v) is 11.7. The van der Waals surface area contributed by atoms with Gasteiger partial charge in [0, 0.05) is 18.3 Å². The molecule has 4 nitrogen and oxygen atoms in total. The van der Waals surface area contributed by atoms with Crippen molar-refractivity contribution in [2.75, 3.05) is 20.2 Å². The van der Waals surface area contributed by atoms with Gasteiger partial charge in [-0.1, -0.05) is 18.2 Å². The maximum absolute atomic E-state index is 5.83. The van der Waals surface area contributed by atoms with Crippen LogP contribution in [0.25, 0.3) is 11.1 Å². The number of nitrogens with zero attached hydrogens (tertiary/aromatic N) is 1. The number of likely N-dealkylation sites (N-methyl/N-ethyl adjacent to an activating group) is 1. The maximum Gasteiger partial charge on any atom is 0.0952 e. The van der Waals surface area contributed by atoms with Gasteiger partial charge in [-0.25, -0.2) is 0 Å². The summed E-state index contributed by atoms with van der Waals surface area (Å²) >= 11 is 0. The average Bonchev–Trinajstić information content (AvgIpc) is 2.93. The fraction of sp³-hybridized carbons (Fsp3) is 0.357. The van der Waals surface area contributed by atoms with Crippen LogP contribution in [-0.4, -0.2) is 30.4 Å². The van der Waals surface area contributed by atoms with E-state index in [2.05, 4.69) is 33.7 Å². The molecule has 102 valence electrons. The second kappa shape index (κ2) is 6.19. The Morgan fingerprint density at radius 1 is 1.47 bits per heavy atom. The van der Waals surface area contributed by atoms with Crippen molar-refractivity contribution in [1.82, 2.24) is 15.5 Å².